The van der Waals surface area contributed by atoms with Crippen LogP contribution in [0.15, 0.2) is 42.5 Å². The SMILES string of the molecule is C[C@H](C(=O)NC1CCCC1)N(Cc1ccc(Cl)cc1Cl)C(=O)CCCN(c1ccc(F)cc1)S(C)(=O)=O. The van der Waals surface area contributed by atoms with E-state index in [1.54, 1.807) is 25.1 Å². The van der Waals surface area contributed by atoms with Crippen molar-refractivity contribution < 1.29 is 22.4 Å². The third-order valence-electron chi connectivity index (χ3n) is 6.49. The van der Waals surface area contributed by atoms with Gasteiger partial charge < -0.3 is 10.2 Å². The largest absolute Gasteiger partial charge is 0.352 e. The molecule has 2 aromatic carbocycles. The number of carbonyl (C=O) groups excluding carboxylic acids is 2. The summed E-state index contributed by atoms with van der Waals surface area (Å²) in [5, 5.41) is 3.88. The summed E-state index contributed by atoms with van der Waals surface area (Å²) in [6.07, 6.45) is 5.22. The van der Waals surface area contributed by atoms with Crippen molar-refractivity contribution >= 4 is 50.7 Å². The number of nitrogens with one attached hydrogen (secondary N) is 1. The summed E-state index contributed by atoms with van der Waals surface area (Å²) < 4.78 is 39.2. The molecule has 1 aliphatic rings. The van der Waals surface area contributed by atoms with E-state index in [9.17, 15) is 22.4 Å². The molecule has 0 aliphatic heterocycles. The van der Waals surface area contributed by atoms with Crippen molar-refractivity contribution in [2.45, 2.75) is 64.1 Å². The van der Waals surface area contributed by atoms with Gasteiger partial charge in [-0.2, -0.15) is 0 Å². The Morgan fingerprint density at radius 3 is 2.35 bits per heavy atom. The van der Waals surface area contributed by atoms with Crippen LogP contribution in [0.5, 0.6) is 0 Å². The second kappa shape index (κ2) is 12.9. The summed E-state index contributed by atoms with van der Waals surface area (Å²) in [6.45, 7) is 1.80. The van der Waals surface area contributed by atoms with E-state index in [1.165, 1.54) is 29.2 Å². The molecule has 7 nitrogen and oxygen atoms in total. The van der Waals surface area contributed by atoms with Crippen LogP contribution in [-0.2, 0) is 26.2 Å². The smallest absolute Gasteiger partial charge is 0.242 e. The van der Waals surface area contributed by atoms with Gasteiger partial charge in [0.1, 0.15) is 11.9 Å². The van der Waals surface area contributed by atoms with Gasteiger partial charge in [-0.05, 0) is 68.1 Å². The quantitative estimate of drug-likeness (QED) is 0.404. The third kappa shape index (κ3) is 8.32. The van der Waals surface area contributed by atoms with Gasteiger partial charge in [-0.1, -0.05) is 42.1 Å². The van der Waals surface area contributed by atoms with E-state index >= 15 is 0 Å². The molecule has 1 saturated carbocycles. The van der Waals surface area contributed by atoms with Crippen LogP contribution in [0, 0.1) is 5.82 Å². The first-order valence-corrected chi connectivity index (χ1v) is 14.8. The fourth-order valence-corrected chi connectivity index (χ4v) is 5.85. The Kier molecular flexibility index (Phi) is 10.2. The van der Waals surface area contributed by atoms with Gasteiger partial charge in [0, 0.05) is 35.6 Å². The van der Waals surface area contributed by atoms with Crippen LogP contribution in [0.1, 0.15) is 51.0 Å². The van der Waals surface area contributed by atoms with Crippen molar-refractivity contribution in [1.82, 2.24) is 10.2 Å². The van der Waals surface area contributed by atoms with Crippen molar-refractivity contribution in [3.8, 4) is 0 Å². The van der Waals surface area contributed by atoms with Crippen LogP contribution < -0.4 is 9.62 Å². The topological polar surface area (TPSA) is 86.8 Å². The minimum atomic E-state index is -3.66. The summed E-state index contributed by atoms with van der Waals surface area (Å²) >= 11 is 12.4. The van der Waals surface area contributed by atoms with Crippen molar-refractivity contribution in [1.29, 1.82) is 0 Å². The molecule has 2 amide bonds. The van der Waals surface area contributed by atoms with Gasteiger partial charge in [0.25, 0.3) is 0 Å². The second-order valence-corrected chi connectivity index (χ2v) is 12.1. The highest BCUT2D eigenvalue weighted by molar-refractivity contribution is 7.92. The van der Waals surface area contributed by atoms with E-state index in [4.69, 9.17) is 23.2 Å². The Bertz CT molecular complexity index is 1200. The van der Waals surface area contributed by atoms with E-state index in [1.807, 2.05) is 0 Å². The maximum absolute atomic E-state index is 13.4. The lowest BCUT2D eigenvalue weighted by Gasteiger charge is -2.30. The molecule has 0 spiro atoms. The molecule has 202 valence electrons. The molecule has 3 rings (SSSR count). The number of amides is 2. The highest BCUT2D eigenvalue weighted by Gasteiger charge is 2.29. The molecule has 11 heteroatoms. The molecule has 0 heterocycles. The van der Waals surface area contributed by atoms with Gasteiger partial charge in [0.05, 0.1) is 11.9 Å². The van der Waals surface area contributed by atoms with Crippen molar-refractivity contribution in [2.24, 2.45) is 0 Å². The van der Waals surface area contributed by atoms with Crippen LogP contribution >= 0.6 is 23.2 Å². The Labute approximate surface area is 228 Å². The number of hydrogen-bond acceptors (Lipinski definition) is 4. The van der Waals surface area contributed by atoms with E-state index < -0.39 is 21.9 Å². The van der Waals surface area contributed by atoms with Crippen molar-refractivity contribution in [3.05, 3.63) is 63.9 Å². The van der Waals surface area contributed by atoms with E-state index in [-0.39, 0.29) is 43.8 Å². The molecule has 1 N–H and O–H groups in total. The zero-order valence-corrected chi connectivity index (χ0v) is 23.3. The predicted octanol–water partition coefficient (Wildman–Crippen LogP) is 5.15. The molecule has 1 fully saturated rings. The Balaban J connectivity index is 1.74. The number of nitrogens with zero attached hydrogens (tertiary/aromatic N) is 2. The Hall–Kier alpha value is -2.36. The van der Waals surface area contributed by atoms with E-state index in [0.717, 1.165) is 36.2 Å². The maximum atomic E-state index is 13.4. The third-order valence-corrected chi connectivity index (χ3v) is 8.27. The van der Waals surface area contributed by atoms with Crippen LogP contribution in [0.25, 0.3) is 0 Å². The molecule has 0 radical (unpaired) electrons. The van der Waals surface area contributed by atoms with E-state index in [0.29, 0.717) is 21.3 Å². The average molecular weight is 573 g/mol. The average Bonchev–Trinajstić information content (AvgIpc) is 3.34. The highest BCUT2D eigenvalue weighted by atomic mass is 35.5. The summed E-state index contributed by atoms with van der Waals surface area (Å²) in [7, 11) is -3.66. The molecule has 0 bridgehead atoms. The lowest BCUT2D eigenvalue weighted by Crippen LogP contribution is -2.49. The van der Waals surface area contributed by atoms with Gasteiger partial charge in [-0.15, -0.1) is 0 Å². The van der Waals surface area contributed by atoms with Gasteiger partial charge in [0.15, 0.2) is 0 Å². The van der Waals surface area contributed by atoms with Crippen LogP contribution in [0.3, 0.4) is 0 Å². The summed E-state index contributed by atoms with van der Waals surface area (Å²) in [5.41, 5.74) is 0.953. The summed E-state index contributed by atoms with van der Waals surface area (Å²) in [4.78, 5) is 27.9. The highest BCUT2D eigenvalue weighted by Crippen LogP contribution is 2.25. The summed E-state index contributed by atoms with van der Waals surface area (Å²) in [5.74, 6) is -1.03. The number of benzene rings is 2. The lowest BCUT2D eigenvalue weighted by molar-refractivity contribution is -0.140. The van der Waals surface area contributed by atoms with Crippen molar-refractivity contribution in [2.75, 3.05) is 17.1 Å². The number of sulfonamides is 1. The standard InChI is InChI=1S/C26H32Cl2FN3O4S/c1-18(26(34)30-22-6-3-4-7-22)31(17-19-9-10-20(27)16-24(19)28)25(33)8-5-15-32(37(2,35)36)23-13-11-21(29)12-14-23/h9-14,16,18,22H,3-8,15,17H2,1-2H3,(H,30,34)/t18-/m1/s1. The molecule has 37 heavy (non-hydrogen) atoms. The van der Waals surface area contributed by atoms with Crippen LogP contribution in [0.2, 0.25) is 10.0 Å². The monoisotopic (exact) mass is 571 g/mol. The summed E-state index contributed by atoms with van der Waals surface area (Å²) in [6, 6.07) is 9.42. The first kappa shape index (κ1) is 29.2. The fourth-order valence-electron chi connectivity index (χ4n) is 4.42. The van der Waals surface area contributed by atoms with Crippen molar-refractivity contribution in [3.63, 3.8) is 0 Å². The molecular weight excluding hydrogens is 540 g/mol. The minimum absolute atomic E-state index is 0.000524. The molecule has 2 aromatic rings. The number of rotatable bonds is 11. The zero-order chi connectivity index (χ0) is 27.2. The minimum Gasteiger partial charge on any atom is -0.352 e. The van der Waals surface area contributed by atoms with E-state index in [2.05, 4.69) is 5.32 Å². The second-order valence-electron chi connectivity index (χ2n) is 9.34. The zero-order valence-electron chi connectivity index (χ0n) is 20.9. The Morgan fingerprint density at radius 1 is 1.11 bits per heavy atom. The molecule has 0 unspecified atom stereocenters. The van der Waals surface area contributed by atoms with Crippen LogP contribution in [0.4, 0.5) is 10.1 Å². The molecule has 0 saturated heterocycles. The number of carbonyl (C=O) groups is 2. The van der Waals surface area contributed by atoms with Gasteiger partial charge >= 0.3 is 0 Å². The number of anilines is 1. The van der Waals surface area contributed by atoms with Gasteiger partial charge in [-0.3, -0.25) is 13.9 Å². The first-order chi connectivity index (χ1) is 17.5. The maximum Gasteiger partial charge on any atom is 0.242 e. The van der Waals surface area contributed by atoms with Crippen LogP contribution in [-0.4, -0.2) is 50.0 Å². The fraction of sp³-hybridized carbons (Fsp3) is 0.462. The Morgan fingerprint density at radius 2 is 1.76 bits per heavy atom. The number of hydrogen-bond donors (Lipinski definition) is 1. The normalized spacial score (nSPS) is 14.8. The first-order valence-electron chi connectivity index (χ1n) is 12.2. The lowest BCUT2D eigenvalue weighted by atomic mass is 10.1. The van der Waals surface area contributed by atoms with Gasteiger partial charge in [0.2, 0.25) is 21.8 Å². The van der Waals surface area contributed by atoms with Gasteiger partial charge in [-0.25, -0.2) is 12.8 Å². The molecule has 1 aliphatic carbocycles. The molecular formula is C26H32Cl2FN3O4S. The predicted molar refractivity (Wildman–Crippen MR) is 145 cm³/mol. The molecule has 0 aromatic heterocycles. The molecule has 1 atom stereocenters. The number of halogens is 3.